The number of ether oxygens (including phenoxy) is 4. The second-order valence-electron chi connectivity index (χ2n) is 12.3. The molecule has 1 saturated carbocycles. The average molecular weight is 588 g/mol. The van der Waals surface area contributed by atoms with Crippen molar-refractivity contribution >= 4 is 23.4 Å². The molecule has 1 spiro atoms. The minimum absolute atomic E-state index is 0.0181. The standard InChI is InChI=1S/C33H37N3O7/c1-19-8-3-4-11-23(19)35-31(38)29-33-15-14-26(43-33)27(30(37)34-20-9-7-10-21(16-20)40-2)28(33)32(39)36(29)17-22-18-41-24-12-5-6-13-25(24)42-22/h5-7,9-10,12-16,19,22-23,26-29H,3-4,8,11,17-18H2,1-2H3,(H,34,37)(H,35,38)/t19-,22+,23-,26+,27-,28+,29+,33+/m0/s1. The zero-order valence-corrected chi connectivity index (χ0v) is 24.4. The number of benzene rings is 2. The van der Waals surface area contributed by atoms with Crippen LogP contribution in [0.25, 0.3) is 0 Å². The number of hydrogen-bond donors (Lipinski definition) is 2. The van der Waals surface area contributed by atoms with Gasteiger partial charge in [-0.25, -0.2) is 0 Å². The first-order chi connectivity index (χ1) is 20.9. The first-order valence-corrected chi connectivity index (χ1v) is 15.2. The SMILES string of the molecule is COc1cccc(NC(=O)[C@H]2[C@H]3C=C[C@@]4(O3)[C@H]2C(=O)N(C[C@@H]2COc3ccccc3O2)[C@@H]4C(=O)N[C@H]2CCCC[C@@H]2C)c1. The Bertz CT molecular complexity index is 1460. The fourth-order valence-corrected chi connectivity index (χ4v) is 7.56. The molecule has 0 unspecified atom stereocenters. The van der Waals surface area contributed by atoms with Gasteiger partial charge in [0.2, 0.25) is 17.7 Å². The van der Waals surface area contributed by atoms with E-state index in [2.05, 4.69) is 17.6 Å². The minimum Gasteiger partial charge on any atom is -0.497 e. The molecule has 5 aliphatic rings. The van der Waals surface area contributed by atoms with Crippen LogP contribution in [0.2, 0.25) is 0 Å². The molecule has 2 aromatic rings. The summed E-state index contributed by atoms with van der Waals surface area (Å²) in [5.74, 6) is -0.382. The highest BCUT2D eigenvalue weighted by Gasteiger charge is 2.73. The summed E-state index contributed by atoms with van der Waals surface area (Å²) in [6.07, 6.45) is 6.67. The van der Waals surface area contributed by atoms with Crippen LogP contribution in [0.4, 0.5) is 5.69 Å². The Balaban J connectivity index is 1.19. The number of hydrogen-bond acceptors (Lipinski definition) is 7. The van der Waals surface area contributed by atoms with Crippen molar-refractivity contribution in [3.63, 3.8) is 0 Å². The first kappa shape index (κ1) is 27.8. The van der Waals surface area contributed by atoms with Crippen molar-refractivity contribution in [1.29, 1.82) is 0 Å². The maximum Gasteiger partial charge on any atom is 0.246 e. The zero-order valence-electron chi connectivity index (χ0n) is 24.4. The summed E-state index contributed by atoms with van der Waals surface area (Å²) in [5, 5.41) is 6.21. The van der Waals surface area contributed by atoms with Crippen molar-refractivity contribution in [2.75, 3.05) is 25.6 Å². The van der Waals surface area contributed by atoms with Crippen molar-refractivity contribution in [3.8, 4) is 17.2 Å². The highest BCUT2D eigenvalue weighted by atomic mass is 16.6. The summed E-state index contributed by atoms with van der Waals surface area (Å²) in [6.45, 7) is 2.51. The lowest BCUT2D eigenvalue weighted by molar-refractivity contribution is -0.143. The number of rotatable bonds is 7. The van der Waals surface area contributed by atoms with Gasteiger partial charge in [0.15, 0.2) is 17.6 Å². The number of fused-ring (bicyclic) bond motifs is 2. The lowest BCUT2D eigenvalue weighted by Crippen LogP contribution is -2.58. The summed E-state index contributed by atoms with van der Waals surface area (Å²) in [7, 11) is 1.56. The lowest BCUT2D eigenvalue weighted by atomic mass is 9.74. The lowest BCUT2D eigenvalue weighted by Gasteiger charge is -2.37. The molecule has 2 aromatic carbocycles. The van der Waals surface area contributed by atoms with Crippen LogP contribution in [0.5, 0.6) is 17.2 Å². The molecule has 226 valence electrons. The van der Waals surface area contributed by atoms with E-state index < -0.39 is 35.7 Å². The van der Waals surface area contributed by atoms with Crippen molar-refractivity contribution in [2.24, 2.45) is 17.8 Å². The van der Waals surface area contributed by atoms with Crippen LogP contribution < -0.4 is 24.8 Å². The predicted molar refractivity (Wildman–Crippen MR) is 157 cm³/mol. The van der Waals surface area contributed by atoms with E-state index >= 15 is 0 Å². The number of carbonyl (C=O) groups excluding carboxylic acids is 3. The number of nitrogens with zero attached hydrogens (tertiary/aromatic N) is 1. The zero-order chi connectivity index (χ0) is 29.7. The molecule has 10 heteroatoms. The van der Waals surface area contributed by atoms with Crippen LogP contribution in [0.1, 0.15) is 32.6 Å². The molecular formula is C33H37N3O7. The fraction of sp³-hybridized carbons (Fsp3) is 0.485. The van der Waals surface area contributed by atoms with Crippen LogP contribution in [-0.2, 0) is 19.1 Å². The molecule has 3 amide bonds. The summed E-state index contributed by atoms with van der Waals surface area (Å²) in [6, 6.07) is 13.5. The number of amides is 3. The summed E-state index contributed by atoms with van der Waals surface area (Å²) in [4.78, 5) is 43.9. The molecule has 8 atom stereocenters. The van der Waals surface area contributed by atoms with Gasteiger partial charge in [0.25, 0.3) is 0 Å². The van der Waals surface area contributed by atoms with Gasteiger partial charge in [-0.3, -0.25) is 14.4 Å². The second-order valence-corrected chi connectivity index (χ2v) is 12.3. The van der Waals surface area contributed by atoms with Crippen molar-refractivity contribution in [3.05, 3.63) is 60.7 Å². The smallest absolute Gasteiger partial charge is 0.246 e. The highest BCUT2D eigenvalue weighted by molar-refractivity contribution is 6.02. The molecule has 7 rings (SSSR count). The maximum absolute atomic E-state index is 14.4. The fourth-order valence-electron chi connectivity index (χ4n) is 7.56. The van der Waals surface area contributed by atoms with Crippen LogP contribution in [-0.4, -0.2) is 72.8 Å². The van der Waals surface area contributed by atoms with Crippen LogP contribution >= 0.6 is 0 Å². The Morgan fingerprint density at radius 3 is 2.70 bits per heavy atom. The molecule has 10 nitrogen and oxygen atoms in total. The topological polar surface area (TPSA) is 115 Å². The normalized spacial score (nSPS) is 33.7. The van der Waals surface area contributed by atoms with E-state index in [9.17, 15) is 14.4 Å². The van der Waals surface area contributed by atoms with Gasteiger partial charge in [-0.15, -0.1) is 0 Å². The Labute approximate surface area is 250 Å². The number of anilines is 1. The highest BCUT2D eigenvalue weighted by Crippen LogP contribution is 2.55. The molecule has 2 saturated heterocycles. The van der Waals surface area contributed by atoms with Gasteiger partial charge in [0, 0.05) is 17.8 Å². The molecule has 1 aliphatic carbocycles. The van der Waals surface area contributed by atoms with Gasteiger partial charge in [0.1, 0.15) is 24.0 Å². The van der Waals surface area contributed by atoms with Crippen LogP contribution in [0.3, 0.4) is 0 Å². The molecule has 2 bridgehead atoms. The summed E-state index contributed by atoms with van der Waals surface area (Å²) >= 11 is 0. The largest absolute Gasteiger partial charge is 0.497 e. The molecule has 0 radical (unpaired) electrons. The number of nitrogens with one attached hydrogen (secondary N) is 2. The van der Waals surface area contributed by atoms with Gasteiger partial charge < -0.3 is 34.5 Å². The van der Waals surface area contributed by atoms with E-state index in [-0.39, 0.29) is 36.9 Å². The van der Waals surface area contributed by atoms with Crippen molar-refractivity contribution in [1.82, 2.24) is 10.2 Å². The van der Waals surface area contributed by atoms with E-state index in [0.29, 0.717) is 28.9 Å². The van der Waals surface area contributed by atoms with Gasteiger partial charge in [-0.1, -0.05) is 50.1 Å². The van der Waals surface area contributed by atoms with Gasteiger partial charge in [-0.2, -0.15) is 0 Å². The van der Waals surface area contributed by atoms with E-state index in [1.54, 1.807) is 36.3 Å². The van der Waals surface area contributed by atoms with Crippen LogP contribution in [0.15, 0.2) is 60.7 Å². The van der Waals surface area contributed by atoms with Gasteiger partial charge in [0.05, 0.1) is 31.6 Å². The summed E-state index contributed by atoms with van der Waals surface area (Å²) in [5.41, 5.74) is -0.701. The molecule has 4 aliphatic heterocycles. The van der Waals surface area contributed by atoms with Gasteiger partial charge in [-0.05, 0) is 43.0 Å². The van der Waals surface area contributed by atoms with E-state index in [1.165, 1.54) is 0 Å². The molecule has 0 aromatic heterocycles. The molecular weight excluding hydrogens is 550 g/mol. The average Bonchev–Trinajstić information content (AvgIpc) is 3.66. The quantitative estimate of drug-likeness (QED) is 0.478. The van der Waals surface area contributed by atoms with Crippen LogP contribution in [0, 0.1) is 17.8 Å². The maximum atomic E-state index is 14.4. The number of methoxy groups -OCH3 is 1. The third-order valence-electron chi connectivity index (χ3n) is 9.67. The third kappa shape index (κ3) is 4.72. The Kier molecular flexibility index (Phi) is 7.04. The number of carbonyl (C=O) groups is 3. The van der Waals surface area contributed by atoms with E-state index in [1.807, 2.05) is 36.4 Å². The minimum atomic E-state index is -1.26. The third-order valence-corrected chi connectivity index (χ3v) is 9.67. The second kappa shape index (κ2) is 10.9. The van der Waals surface area contributed by atoms with E-state index in [0.717, 1.165) is 25.7 Å². The predicted octanol–water partition coefficient (Wildman–Crippen LogP) is 3.32. The van der Waals surface area contributed by atoms with Gasteiger partial charge >= 0.3 is 0 Å². The molecule has 3 fully saturated rings. The van der Waals surface area contributed by atoms with E-state index in [4.69, 9.17) is 18.9 Å². The van der Waals surface area contributed by atoms with Crippen molar-refractivity contribution < 1.29 is 33.3 Å². The number of para-hydroxylation sites is 2. The molecule has 4 heterocycles. The Hall–Kier alpha value is -4.05. The number of likely N-dealkylation sites (tertiary alicyclic amines) is 1. The van der Waals surface area contributed by atoms with Crippen molar-refractivity contribution in [2.45, 2.75) is 62.5 Å². The monoisotopic (exact) mass is 587 g/mol. The Morgan fingerprint density at radius 1 is 1.07 bits per heavy atom. The molecule has 2 N–H and O–H groups in total. The first-order valence-electron chi connectivity index (χ1n) is 15.2. The summed E-state index contributed by atoms with van der Waals surface area (Å²) < 4.78 is 23.9. The Morgan fingerprint density at radius 2 is 1.88 bits per heavy atom. The molecule has 43 heavy (non-hydrogen) atoms.